The molecule has 2 aromatic rings. The van der Waals surface area contributed by atoms with Crippen molar-refractivity contribution in [2.24, 2.45) is 0 Å². The molecule has 8 nitrogen and oxygen atoms in total. The summed E-state index contributed by atoms with van der Waals surface area (Å²) in [5.41, 5.74) is 1.91. The number of methoxy groups -OCH3 is 1. The van der Waals surface area contributed by atoms with E-state index in [0.717, 1.165) is 11.3 Å². The molecule has 31 heavy (non-hydrogen) atoms. The van der Waals surface area contributed by atoms with Crippen LogP contribution < -0.4 is 4.74 Å². The van der Waals surface area contributed by atoms with Gasteiger partial charge in [0.15, 0.2) is 0 Å². The number of amides is 3. The van der Waals surface area contributed by atoms with Crippen LogP contribution in [0.25, 0.3) is 0 Å². The number of para-hydroxylation sites is 1. The third kappa shape index (κ3) is 4.15. The minimum absolute atomic E-state index is 0.0131. The van der Waals surface area contributed by atoms with E-state index in [4.69, 9.17) is 4.74 Å². The zero-order valence-corrected chi connectivity index (χ0v) is 18.0. The normalized spacial score (nSPS) is 18.5. The van der Waals surface area contributed by atoms with Gasteiger partial charge in [-0.05, 0) is 18.2 Å². The molecule has 8 heteroatoms. The summed E-state index contributed by atoms with van der Waals surface area (Å²) in [5.74, 6) is 0.348. The van der Waals surface area contributed by atoms with Crippen molar-refractivity contribution in [3.8, 4) is 5.75 Å². The second kappa shape index (κ2) is 8.83. The predicted octanol–water partition coefficient (Wildman–Crippen LogP) is 1.51. The molecule has 0 aliphatic carbocycles. The van der Waals surface area contributed by atoms with E-state index in [2.05, 4.69) is 4.57 Å². The van der Waals surface area contributed by atoms with E-state index >= 15 is 0 Å². The Kier molecular flexibility index (Phi) is 5.97. The average Bonchev–Trinajstić information content (AvgIpc) is 3.27. The SMILES string of the molecule is COc1ccccc1C1c2cccn2CCN1C(=O)CC(=O)N1CCN(C(C)=O)CC1. The summed E-state index contributed by atoms with van der Waals surface area (Å²) in [7, 11) is 1.62. The first-order chi connectivity index (χ1) is 15.0. The van der Waals surface area contributed by atoms with Crippen LogP contribution in [-0.2, 0) is 20.9 Å². The van der Waals surface area contributed by atoms with E-state index in [-0.39, 0.29) is 30.2 Å². The number of carbonyl (C=O) groups excluding carboxylic acids is 3. The van der Waals surface area contributed by atoms with Gasteiger partial charge in [0, 0.05) is 63.6 Å². The molecule has 1 aromatic carbocycles. The maximum absolute atomic E-state index is 13.3. The third-order valence-corrected chi connectivity index (χ3v) is 6.17. The average molecular weight is 425 g/mol. The Hall–Kier alpha value is -3.29. The van der Waals surface area contributed by atoms with E-state index in [9.17, 15) is 14.4 Å². The lowest BCUT2D eigenvalue weighted by Gasteiger charge is -2.38. The summed E-state index contributed by atoms with van der Waals surface area (Å²) in [4.78, 5) is 42.8. The van der Waals surface area contributed by atoms with Gasteiger partial charge in [-0.15, -0.1) is 0 Å². The first-order valence-electron chi connectivity index (χ1n) is 10.6. The molecular weight excluding hydrogens is 396 g/mol. The molecule has 0 radical (unpaired) electrons. The molecule has 1 saturated heterocycles. The summed E-state index contributed by atoms with van der Waals surface area (Å²) in [6.45, 7) is 4.69. The number of aromatic nitrogens is 1. The van der Waals surface area contributed by atoms with Crippen molar-refractivity contribution in [2.75, 3.05) is 39.8 Å². The Morgan fingerprint density at radius 1 is 0.903 bits per heavy atom. The molecule has 1 aromatic heterocycles. The molecule has 0 N–H and O–H groups in total. The van der Waals surface area contributed by atoms with Gasteiger partial charge in [0.25, 0.3) is 0 Å². The lowest BCUT2D eigenvalue weighted by molar-refractivity contribution is -0.145. The monoisotopic (exact) mass is 424 g/mol. The summed E-state index contributed by atoms with van der Waals surface area (Å²) >= 11 is 0. The van der Waals surface area contributed by atoms with Gasteiger partial charge in [-0.3, -0.25) is 14.4 Å². The number of benzene rings is 1. The van der Waals surface area contributed by atoms with Crippen molar-refractivity contribution in [1.29, 1.82) is 0 Å². The standard InChI is InChI=1S/C23H28N4O4/c1-17(28)24-10-12-26(13-11-24)21(29)16-22(30)27-15-14-25-9-5-7-19(25)23(27)18-6-3-4-8-20(18)31-2/h3-9,23H,10-16H2,1-2H3. The van der Waals surface area contributed by atoms with Gasteiger partial charge in [-0.25, -0.2) is 0 Å². The first kappa shape index (κ1) is 21.0. The molecule has 1 atom stereocenters. The second-order valence-corrected chi connectivity index (χ2v) is 7.92. The zero-order chi connectivity index (χ0) is 22.0. The fourth-order valence-corrected chi connectivity index (χ4v) is 4.49. The van der Waals surface area contributed by atoms with Gasteiger partial charge in [0.05, 0.1) is 7.11 Å². The molecule has 3 amide bonds. The Morgan fingerprint density at radius 3 is 2.32 bits per heavy atom. The highest BCUT2D eigenvalue weighted by atomic mass is 16.5. The minimum Gasteiger partial charge on any atom is -0.496 e. The van der Waals surface area contributed by atoms with E-state index in [1.807, 2.05) is 42.6 Å². The van der Waals surface area contributed by atoms with E-state index < -0.39 is 0 Å². The summed E-state index contributed by atoms with van der Waals surface area (Å²) < 4.78 is 7.71. The third-order valence-electron chi connectivity index (χ3n) is 6.17. The van der Waals surface area contributed by atoms with Crippen LogP contribution in [0.15, 0.2) is 42.6 Å². The topological polar surface area (TPSA) is 75.1 Å². The van der Waals surface area contributed by atoms with Crippen molar-refractivity contribution in [2.45, 2.75) is 25.9 Å². The fraction of sp³-hybridized carbons (Fsp3) is 0.435. The van der Waals surface area contributed by atoms with Crippen LogP contribution in [-0.4, -0.2) is 76.8 Å². The van der Waals surface area contributed by atoms with Gasteiger partial charge in [0.1, 0.15) is 18.2 Å². The van der Waals surface area contributed by atoms with Crippen LogP contribution in [0.2, 0.25) is 0 Å². The van der Waals surface area contributed by atoms with Gasteiger partial charge < -0.3 is 24.0 Å². The number of carbonyl (C=O) groups is 3. The van der Waals surface area contributed by atoms with Crippen LogP contribution in [0.4, 0.5) is 0 Å². The number of hydrogen-bond donors (Lipinski definition) is 0. The van der Waals surface area contributed by atoms with Crippen LogP contribution in [0.5, 0.6) is 5.75 Å². The molecule has 164 valence electrons. The maximum Gasteiger partial charge on any atom is 0.232 e. The lowest BCUT2D eigenvalue weighted by Crippen LogP contribution is -2.51. The Balaban J connectivity index is 1.53. The molecule has 2 aliphatic rings. The molecule has 1 fully saturated rings. The molecule has 0 bridgehead atoms. The van der Waals surface area contributed by atoms with Gasteiger partial charge in [-0.2, -0.15) is 0 Å². The van der Waals surface area contributed by atoms with Crippen molar-refractivity contribution in [3.05, 3.63) is 53.9 Å². The Labute approximate surface area is 182 Å². The zero-order valence-electron chi connectivity index (χ0n) is 18.0. The van der Waals surface area contributed by atoms with Gasteiger partial charge in [0.2, 0.25) is 17.7 Å². The molecule has 1 unspecified atom stereocenters. The van der Waals surface area contributed by atoms with Crippen LogP contribution in [0, 0.1) is 0 Å². The number of hydrogen-bond acceptors (Lipinski definition) is 4. The second-order valence-electron chi connectivity index (χ2n) is 7.92. The lowest BCUT2D eigenvalue weighted by atomic mass is 9.98. The number of ether oxygens (including phenoxy) is 1. The number of nitrogens with zero attached hydrogens (tertiary/aromatic N) is 4. The number of fused-ring (bicyclic) bond motifs is 1. The van der Waals surface area contributed by atoms with Crippen molar-refractivity contribution in [1.82, 2.24) is 19.3 Å². The van der Waals surface area contributed by atoms with Gasteiger partial charge in [-0.1, -0.05) is 18.2 Å². The van der Waals surface area contributed by atoms with E-state index in [1.165, 1.54) is 6.92 Å². The van der Waals surface area contributed by atoms with E-state index in [1.54, 1.807) is 21.8 Å². The fourth-order valence-electron chi connectivity index (χ4n) is 4.49. The molecular formula is C23H28N4O4. The highest BCUT2D eigenvalue weighted by Crippen LogP contribution is 2.37. The van der Waals surface area contributed by atoms with Crippen molar-refractivity contribution < 1.29 is 19.1 Å². The van der Waals surface area contributed by atoms with E-state index in [0.29, 0.717) is 45.0 Å². The smallest absolute Gasteiger partial charge is 0.232 e. The quantitative estimate of drug-likeness (QED) is 0.698. The molecule has 3 heterocycles. The highest BCUT2D eigenvalue weighted by molar-refractivity contribution is 5.97. The van der Waals surface area contributed by atoms with Crippen LogP contribution >= 0.6 is 0 Å². The Morgan fingerprint density at radius 2 is 1.61 bits per heavy atom. The highest BCUT2D eigenvalue weighted by Gasteiger charge is 2.35. The van der Waals surface area contributed by atoms with Crippen molar-refractivity contribution >= 4 is 17.7 Å². The van der Waals surface area contributed by atoms with Crippen molar-refractivity contribution in [3.63, 3.8) is 0 Å². The Bertz CT molecular complexity index is 977. The number of rotatable bonds is 4. The largest absolute Gasteiger partial charge is 0.496 e. The number of piperazine rings is 1. The predicted molar refractivity (Wildman–Crippen MR) is 114 cm³/mol. The minimum atomic E-state index is -0.310. The summed E-state index contributed by atoms with van der Waals surface area (Å²) in [6, 6.07) is 11.4. The first-order valence-corrected chi connectivity index (χ1v) is 10.6. The summed E-state index contributed by atoms with van der Waals surface area (Å²) in [6.07, 6.45) is 1.84. The van der Waals surface area contributed by atoms with Gasteiger partial charge >= 0.3 is 0 Å². The molecule has 2 aliphatic heterocycles. The molecule has 0 saturated carbocycles. The maximum atomic E-state index is 13.3. The summed E-state index contributed by atoms with van der Waals surface area (Å²) in [5, 5.41) is 0. The van der Waals surface area contributed by atoms with Crippen LogP contribution in [0.3, 0.4) is 0 Å². The molecule has 4 rings (SSSR count). The van der Waals surface area contributed by atoms with Crippen LogP contribution in [0.1, 0.15) is 30.6 Å². The molecule has 0 spiro atoms.